The fourth-order valence-electron chi connectivity index (χ4n) is 0.854. The van der Waals surface area contributed by atoms with Crippen LogP contribution in [0.2, 0.25) is 0 Å². The third-order valence-corrected chi connectivity index (χ3v) is 2.28. The van der Waals surface area contributed by atoms with Gasteiger partial charge in [0.2, 0.25) is 0 Å². The number of ether oxygens (including phenoxy) is 2. The van der Waals surface area contributed by atoms with E-state index in [4.69, 9.17) is 0 Å². The number of carbonyl (C=O) groups is 2. The molecule has 0 saturated heterocycles. The Morgan fingerprint density at radius 3 is 2.29 bits per heavy atom. The summed E-state index contributed by atoms with van der Waals surface area (Å²) < 4.78 is 19.0. The van der Waals surface area contributed by atoms with Crippen molar-refractivity contribution < 1.29 is 28.5 Å². The molecule has 0 rings (SSSR count). The minimum absolute atomic E-state index is 0.285. The fourth-order valence-corrected chi connectivity index (χ4v) is 1.49. The Balaban J connectivity index is 4.31. The summed E-state index contributed by atoms with van der Waals surface area (Å²) in [6.07, 6.45) is -0.691. The largest absolute Gasteiger partial charge is 0.596 e. The monoisotopic (exact) mass is 222 g/mol. The molecule has 0 N–H and O–H groups in total. The minimum atomic E-state index is -2.72. The van der Waals surface area contributed by atoms with E-state index in [9.17, 15) is 19.0 Å². The van der Waals surface area contributed by atoms with Gasteiger partial charge in [0.15, 0.2) is 6.16 Å². The van der Waals surface area contributed by atoms with Gasteiger partial charge in [-0.3, -0.25) is 9.59 Å². The summed E-state index contributed by atoms with van der Waals surface area (Å²) in [5, 5.41) is 0. The van der Waals surface area contributed by atoms with Crippen molar-refractivity contribution in [2.24, 2.45) is 5.92 Å². The number of esters is 2. The van der Waals surface area contributed by atoms with Gasteiger partial charge in [-0.25, -0.2) is 0 Å². The maximum atomic E-state index is 11.0. The first kappa shape index (κ1) is 13.0. The predicted octanol–water partition coefficient (Wildman–Crippen LogP) is -0.559. The molecule has 6 nitrogen and oxygen atoms in total. The topological polar surface area (TPSA) is 92.7 Å². The van der Waals surface area contributed by atoms with Gasteiger partial charge in [-0.2, -0.15) is 0 Å². The van der Waals surface area contributed by atoms with E-state index in [0.29, 0.717) is 0 Å². The Morgan fingerprint density at radius 2 is 1.93 bits per heavy atom. The van der Waals surface area contributed by atoms with Crippen LogP contribution in [0.1, 0.15) is 6.42 Å². The van der Waals surface area contributed by atoms with Crippen LogP contribution in [0, 0.1) is 5.92 Å². The molecule has 2 unspecified atom stereocenters. The van der Waals surface area contributed by atoms with E-state index in [1.165, 1.54) is 0 Å². The zero-order valence-corrected chi connectivity index (χ0v) is 8.78. The number of methoxy groups -OCH3 is 2. The summed E-state index contributed by atoms with van der Waals surface area (Å²) in [4.78, 5) is 32.2. The fraction of sp³-hybridized carbons (Fsp3) is 0.714. The highest BCUT2D eigenvalue weighted by Crippen LogP contribution is 2.18. The Morgan fingerprint density at radius 1 is 1.36 bits per heavy atom. The molecule has 0 saturated carbocycles. The molecule has 0 aliphatic rings. The lowest BCUT2D eigenvalue weighted by Gasteiger charge is -2.08. The first-order valence-corrected chi connectivity index (χ1v) is 5.14. The van der Waals surface area contributed by atoms with Gasteiger partial charge in [-0.15, -0.1) is 0 Å². The van der Waals surface area contributed by atoms with Crippen molar-refractivity contribution in [3.63, 3.8) is 0 Å². The van der Waals surface area contributed by atoms with Crippen LogP contribution in [0.3, 0.4) is 0 Å². The summed E-state index contributed by atoms with van der Waals surface area (Å²) >= 11 is 0. The smallest absolute Gasteiger partial charge is 0.313 e. The third-order valence-electron chi connectivity index (χ3n) is 1.54. The lowest BCUT2D eigenvalue weighted by molar-refractivity contribution is -0.167. The second-order valence-electron chi connectivity index (χ2n) is 2.52. The van der Waals surface area contributed by atoms with E-state index in [0.717, 1.165) is 14.2 Å². The molecule has 0 amide bonds. The average Bonchev–Trinajstić information content (AvgIpc) is 2.14. The lowest BCUT2D eigenvalue weighted by Crippen LogP contribution is -2.23. The minimum Gasteiger partial charge on any atom is -0.596 e. The van der Waals surface area contributed by atoms with Crippen molar-refractivity contribution in [1.82, 2.24) is 0 Å². The molecule has 0 aliphatic heterocycles. The van der Waals surface area contributed by atoms with E-state index < -0.39 is 32.0 Å². The van der Waals surface area contributed by atoms with Crippen molar-refractivity contribution >= 4 is 20.0 Å². The Kier molecular flexibility index (Phi) is 5.99. The lowest BCUT2D eigenvalue weighted by atomic mass is 10.1. The molecule has 80 valence electrons. The average molecular weight is 222 g/mol. The quantitative estimate of drug-likeness (QED) is 0.457. The van der Waals surface area contributed by atoms with Crippen molar-refractivity contribution in [1.29, 1.82) is 0 Å². The Labute approximate surface area is 82.1 Å². The standard InChI is InChI=1S/C7H11O6P/c1-12-6(8)3-5(4-14(10)11)7(9)13-2/h5H,3-4H2,1-2H3. The number of rotatable bonds is 5. The highest BCUT2D eigenvalue weighted by atomic mass is 31.1. The van der Waals surface area contributed by atoms with Gasteiger partial charge in [0, 0.05) is 0 Å². The van der Waals surface area contributed by atoms with Crippen LogP contribution in [-0.2, 0) is 23.6 Å². The summed E-state index contributed by atoms with van der Waals surface area (Å²) in [5.41, 5.74) is 0. The Bertz CT molecular complexity index is 238. The molecule has 2 atom stereocenters. The normalized spacial score (nSPS) is 12.9. The molecule has 0 aliphatic carbocycles. The first-order chi connectivity index (χ1) is 6.51. The van der Waals surface area contributed by atoms with Gasteiger partial charge < -0.3 is 14.4 Å². The zero-order valence-electron chi connectivity index (χ0n) is 7.89. The third kappa shape index (κ3) is 4.89. The Hall–Kier alpha value is -1.00. The van der Waals surface area contributed by atoms with Gasteiger partial charge in [0.05, 0.1) is 20.6 Å². The molecule has 0 radical (unpaired) electrons. The van der Waals surface area contributed by atoms with Gasteiger partial charge >= 0.3 is 20.0 Å². The highest BCUT2D eigenvalue weighted by Gasteiger charge is 2.28. The number of hydrogen-bond donors (Lipinski definition) is 0. The molecule has 0 bridgehead atoms. The van der Waals surface area contributed by atoms with Gasteiger partial charge in [-0.1, -0.05) is 4.57 Å². The van der Waals surface area contributed by atoms with Crippen molar-refractivity contribution in [2.45, 2.75) is 6.42 Å². The van der Waals surface area contributed by atoms with Crippen molar-refractivity contribution in [3.8, 4) is 0 Å². The number of hydrogen-bond acceptors (Lipinski definition) is 6. The zero-order chi connectivity index (χ0) is 11.1. The van der Waals surface area contributed by atoms with E-state index >= 15 is 0 Å². The summed E-state index contributed by atoms with van der Waals surface area (Å²) in [6.45, 7) is 0. The molecule has 0 heterocycles. The summed E-state index contributed by atoms with van der Waals surface area (Å²) in [5.74, 6) is -2.35. The molecule has 7 heteroatoms. The van der Waals surface area contributed by atoms with Crippen LogP contribution < -0.4 is 4.89 Å². The molecular weight excluding hydrogens is 211 g/mol. The van der Waals surface area contributed by atoms with Crippen LogP contribution >= 0.6 is 8.03 Å². The van der Waals surface area contributed by atoms with Crippen molar-refractivity contribution in [2.75, 3.05) is 20.4 Å². The second kappa shape index (κ2) is 6.45. The SMILES string of the molecule is COC(=O)CC(C[P+](=O)[O-])C(=O)OC. The first-order valence-electron chi connectivity index (χ1n) is 3.77. The van der Waals surface area contributed by atoms with Gasteiger partial charge in [-0.05, 0) is 0 Å². The van der Waals surface area contributed by atoms with E-state index in [-0.39, 0.29) is 6.42 Å². The molecule has 0 fully saturated rings. The summed E-state index contributed by atoms with van der Waals surface area (Å²) in [7, 11) is -0.432. The molecule has 0 aromatic carbocycles. The van der Waals surface area contributed by atoms with Crippen LogP contribution in [0.25, 0.3) is 0 Å². The van der Waals surface area contributed by atoms with E-state index in [1.54, 1.807) is 0 Å². The van der Waals surface area contributed by atoms with Crippen LogP contribution in [0.4, 0.5) is 0 Å². The van der Waals surface area contributed by atoms with Gasteiger partial charge in [0.25, 0.3) is 0 Å². The highest BCUT2D eigenvalue weighted by molar-refractivity contribution is 7.36. The van der Waals surface area contributed by atoms with Gasteiger partial charge in [0.1, 0.15) is 5.92 Å². The summed E-state index contributed by atoms with van der Waals surface area (Å²) in [6, 6.07) is 0. The molecule has 0 spiro atoms. The number of carbonyl (C=O) groups excluding carboxylic acids is 2. The maximum Gasteiger partial charge on any atom is 0.313 e. The molecule has 0 aromatic rings. The van der Waals surface area contributed by atoms with Crippen LogP contribution in [0.15, 0.2) is 0 Å². The van der Waals surface area contributed by atoms with E-state index in [2.05, 4.69) is 9.47 Å². The molecule has 14 heavy (non-hydrogen) atoms. The predicted molar refractivity (Wildman–Crippen MR) is 44.6 cm³/mol. The van der Waals surface area contributed by atoms with E-state index in [1.807, 2.05) is 0 Å². The van der Waals surface area contributed by atoms with Crippen LogP contribution in [0.5, 0.6) is 0 Å². The maximum absolute atomic E-state index is 11.0. The molecular formula is C7H11O6P. The molecule has 0 aromatic heterocycles. The second-order valence-corrected chi connectivity index (χ2v) is 3.55. The van der Waals surface area contributed by atoms with Crippen LogP contribution in [-0.4, -0.2) is 32.3 Å². The van der Waals surface area contributed by atoms with Crippen molar-refractivity contribution in [3.05, 3.63) is 0 Å².